The van der Waals surface area contributed by atoms with E-state index < -0.39 is 37.4 Å². The van der Waals surface area contributed by atoms with Crippen LogP contribution in [0.4, 0.5) is 52.7 Å². The Bertz CT molecular complexity index is 399. The summed E-state index contributed by atoms with van der Waals surface area (Å²) >= 11 is 0. The van der Waals surface area contributed by atoms with Gasteiger partial charge in [0.1, 0.15) is 13.2 Å². The van der Waals surface area contributed by atoms with Crippen molar-refractivity contribution in [3.05, 3.63) is 0 Å². The Morgan fingerprint density at radius 3 is 1.10 bits per heavy atom. The molecule has 0 aliphatic carbocycles. The molecule has 0 heterocycles. The third-order valence-corrected chi connectivity index (χ3v) is 3.55. The molecule has 0 spiro atoms. The van der Waals surface area contributed by atoms with E-state index in [-0.39, 0.29) is 25.6 Å². The van der Waals surface area contributed by atoms with Gasteiger partial charge in [-0.05, 0) is 12.8 Å². The summed E-state index contributed by atoms with van der Waals surface area (Å²) in [4.78, 5) is 0. The van der Waals surface area contributed by atoms with Gasteiger partial charge in [-0.2, -0.15) is 43.9 Å². The molecule has 184 valence electrons. The zero-order valence-corrected chi connectivity index (χ0v) is 16.2. The lowest BCUT2D eigenvalue weighted by Crippen LogP contribution is -2.45. The molecule has 0 radical (unpaired) electrons. The second-order valence-corrected chi connectivity index (χ2v) is 6.05. The molecule has 0 saturated heterocycles. The molecule has 0 rings (SSSR count). The van der Waals surface area contributed by atoms with Gasteiger partial charge in [-0.3, -0.25) is 8.78 Å². The maximum absolute atomic E-state index is 12.0. The van der Waals surface area contributed by atoms with Crippen LogP contribution in [-0.2, 0) is 9.47 Å². The summed E-state index contributed by atoms with van der Waals surface area (Å²) in [6.07, 6.45) is -9.79. The van der Waals surface area contributed by atoms with Crippen LogP contribution in [0.1, 0.15) is 39.5 Å². The average Bonchev–Trinajstić information content (AvgIpc) is 2.58. The molecule has 30 heavy (non-hydrogen) atoms. The highest BCUT2D eigenvalue weighted by atomic mass is 19.4. The highest BCUT2D eigenvalue weighted by Crippen LogP contribution is 2.38. The van der Waals surface area contributed by atoms with Crippen LogP contribution in [-0.4, -0.2) is 63.0 Å². The third-order valence-electron chi connectivity index (χ3n) is 3.55. The molecule has 2 unspecified atom stereocenters. The van der Waals surface area contributed by atoms with Gasteiger partial charge in [-0.1, -0.05) is 13.8 Å². The van der Waals surface area contributed by atoms with E-state index in [0.717, 1.165) is 12.8 Å². The summed E-state index contributed by atoms with van der Waals surface area (Å²) in [5.74, 6) is -11.0. The van der Waals surface area contributed by atoms with Crippen molar-refractivity contribution in [3.63, 3.8) is 0 Å². The van der Waals surface area contributed by atoms with E-state index in [1.54, 1.807) is 0 Å². The molecule has 2 atom stereocenters. The van der Waals surface area contributed by atoms with Crippen LogP contribution in [0.15, 0.2) is 0 Å². The first kappa shape index (κ1) is 31.3. The van der Waals surface area contributed by atoms with Crippen molar-refractivity contribution in [2.45, 2.75) is 75.9 Å². The van der Waals surface area contributed by atoms with E-state index in [9.17, 15) is 52.7 Å². The summed E-state index contributed by atoms with van der Waals surface area (Å²) < 4.78 is 149. The van der Waals surface area contributed by atoms with Gasteiger partial charge in [0.2, 0.25) is 0 Å². The highest BCUT2D eigenvalue weighted by molar-refractivity contribution is 4.78. The molecular weight excluding hydrogens is 452 g/mol. The third kappa shape index (κ3) is 12.1. The smallest absolute Gasteiger partial charge is 0.375 e. The summed E-state index contributed by atoms with van der Waals surface area (Å²) in [7, 11) is 0. The fourth-order valence-corrected chi connectivity index (χ4v) is 1.72. The van der Waals surface area contributed by atoms with Crippen molar-refractivity contribution in [2.24, 2.45) is 0 Å². The normalized spacial score (nSPS) is 15.4. The van der Waals surface area contributed by atoms with Crippen LogP contribution < -0.4 is 0 Å². The first-order chi connectivity index (χ1) is 13.5. The number of alkyl halides is 12. The molecule has 0 fully saturated rings. The van der Waals surface area contributed by atoms with Gasteiger partial charge in [-0.25, -0.2) is 0 Å². The summed E-state index contributed by atoms with van der Waals surface area (Å²) in [5, 5.41) is 0. The molecule has 0 aromatic rings. The predicted molar refractivity (Wildman–Crippen MR) is 83.3 cm³/mol. The van der Waals surface area contributed by atoms with Crippen molar-refractivity contribution >= 4 is 0 Å². The quantitative estimate of drug-likeness (QED) is 0.293. The predicted octanol–water partition coefficient (Wildman–Crippen LogP) is 6.68. The Morgan fingerprint density at radius 1 is 0.600 bits per heavy atom. The number of ether oxygens (including phenoxy) is 2. The molecule has 0 aliphatic rings. The fourth-order valence-electron chi connectivity index (χ4n) is 1.72. The van der Waals surface area contributed by atoms with E-state index in [2.05, 4.69) is 4.74 Å². The second-order valence-electron chi connectivity index (χ2n) is 6.05. The maximum atomic E-state index is 12.0. The first-order valence-corrected chi connectivity index (χ1v) is 8.73. The number of hydrogen-bond donors (Lipinski definition) is 0. The van der Waals surface area contributed by atoms with E-state index in [4.69, 9.17) is 4.74 Å². The standard InChI is InChI=1S/C10H20F2O.C6H4F10O/c1-3-9(5-7-11)13-10(4-2)6-8-12;7-3(8,5(11,12)13)1-17-2-4(9,10)6(14,15)16/h9-10H,3-8H2,1-2H3;1-2H2. The second kappa shape index (κ2) is 13.5. The minimum absolute atomic E-state index is 0.0403. The molecule has 0 saturated carbocycles. The van der Waals surface area contributed by atoms with Crippen LogP contribution in [0.2, 0.25) is 0 Å². The van der Waals surface area contributed by atoms with Crippen molar-refractivity contribution in [1.29, 1.82) is 0 Å². The topological polar surface area (TPSA) is 18.5 Å². The molecule has 0 bridgehead atoms. The van der Waals surface area contributed by atoms with Crippen LogP contribution in [0.3, 0.4) is 0 Å². The van der Waals surface area contributed by atoms with Crippen molar-refractivity contribution < 1.29 is 62.2 Å². The molecule has 0 N–H and O–H groups in total. The Labute approximate surface area is 165 Å². The van der Waals surface area contributed by atoms with Gasteiger partial charge in [0.05, 0.1) is 25.6 Å². The van der Waals surface area contributed by atoms with Gasteiger partial charge in [0.25, 0.3) is 0 Å². The van der Waals surface area contributed by atoms with E-state index >= 15 is 0 Å². The first-order valence-electron chi connectivity index (χ1n) is 8.73. The van der Waals surface area contributed by atoms with Gasteiger partial charge >= 0.3 is 24.2 Å². The van der Waals surface area contributed by atoms with Crippen LogP contribution >= 0.6 is 0 Å². The SMILES string of the molecule is CCC(CCF)OC(CC)CCF.FC(F)(F)C(F)(F)COCC(F)(F)C(F)(F)F. The number of halogens is 12. The maximum Gasteiger partial charge on any atom is 0.455 e. The number of hydrogen-bond acceptors (Lipinski definition) is 2. The minimum atomic E-state index is -6.08. The Morgan fingerprint density at radius 2 is 0.900 bits per heavy atom. The summed E-state index contributed by atoms with van der Waals surface area (Å²) in [6, 6.07) is 0. The van der Waals surface area contributed by atoms with Gasteiger partial charge in [-0.15, -0.1) is 0 Å². The fraction of sp³-hybridized carbons (Fsp3) is 1.00. The highest BCUT2D eigenvalue weighted by Gasteiger charge is 2.60. The van der Waals surface area contributed by atoms with Crippen LogP contribution in [0, 0.1) is 0 Å². The van der Waals surface area contributed by atoms with Crippen LogP contribution in [0.25, 0.3) is 0 Å². The molecule has 0 aromatic carbocycles. The average molecular weight is 476 g/mol. The molecule has 0 amide bonds. The lowest BCUT2D eigenvalue weighted by atomic mass is 10.1. The largest absolute Gasteiger partial charge is 0.455 e. The van der Waals surface area contributed by atoms with E-state index in [1.165, 1.54) is 0 Å². The Hall–Kier alpha value is -0.920. The summed E-state index contributed by atoms with van der Waals surface area (Å²) in [6.45, 7) is -2.01. The zero-order chi connectivity index (χ0) is 24.2. The van der Waals surface area contributed by atoms with Crippen molar-refractivity contribution in [3.8, 4) is 0 Å². The number of rotatable bonds is 12. The van der Waals surface area contributed by atoms with Gasteiger partial charge < -0.3 is 9.47 Å². The monoisotopic (exact) mass is 476 g/mol. The van der Waals surface area contributed by atoms with E-state index in [1.807, 2.05) is 13.8 Å². The molecule has 0 aliphatic heterocycles. The molecule has 14 heteroatoms. The lowest BCUT2D eigenvalue weighted by Gasteiger charge is -2.22. The zero-order valence-electron chi connectivity index (χ0n) is 16.2. The van der Waals surface area contributed by atoms with Crippen molar-refractivity contribution in [2.75, 3.05) is 26.6 Å². The Kier molecular flexibility index (Phi) is 14.1. The molecule has 2 nitrogen and oxygen atoms in total. The van der Waals surface area contributed by atoms with Gasteiger partial charge in [0.15, 0.2) is 0 Å². The van der Waals surface area contributed by atoms with Crippen molar-refractivity contribution in [1.82, 2.24) is 0 Å². The minimum Gasteiger partial charge on any atom is -0.375 e. The van der Waals surface area contributed by atoms with E-state index in [0.29, 0.717) is 12.8 Å². The Balaban J connectivity index is 0. The lowest BCUT2D eigenvalue weighted by molar-refractivity contribution is -0.320. The van der Waals surface area contributed by atoms with Gasteiger partial charge in [0, 0.05) is 12.8 Å². The molecule has 0 aromatic heterocycles. The van der Waals surface area contributed by atoms with Crippen LogP contribution in [0.5, 0.6) is 0 Å². The molecular formula is C16H24F12O2. The summed E-state index contributed by atoms with van der Waals surface area (Å²) in [5.41, 5.74) is 0.